The van der Waals surface area contributed by atoms with E-state index in [4.69, 9.17) is 0 Å². The summed E-state index contributed by atoms with van der Waals surface area (Å²) in [5, 5.41) is 0.969. The van der Waals surface area contributed by atoms with Gasteiger partial charge in [-0.3, -0.25) is 0 Å². The number of allylic oxidation sites excluding steroid dienone is 2. The summed E-state index contributed by atoms with van der Waals surface area (Å²) in [6, 6.07) is 0. The van der Waals surface area contributed by atoms with Gasteiger partial charge in [-0.2, -0.15) is 0 Å². The summed E-state index contributed by atoms with van der Waals surface area (Å²) >= 11 is 0. The second-order valence-electron chi connectivity index (χ2n) is 3.50. The van der Waals surface area contributed by atoms with Crippen LogP contribution in [0.1, 0.15) is 27.7 Å². The summed E-state index contributed by atoms with van der Waals surface area (Å²) in [6.07, 6.45) is 1.18. The molecule has 0 aliphatic heterocycles. The van der Waals surface area contributed by atoms with Crippen LogP contribution >= 0.6 is 8.58 Å². The van der Waals surface area contributed by atoms with E-state index in [2.05, 4.69) is 13.8 Å². The molecule has 0 N–H and O–H groups in total. The maximum absolute atomic E-state index is 13.7. The second kappa shape index (κ2) is 5.70. The second-order valence-corrected chi connectivity index (χ2v) is 4.58. The van der Waals surface area contributed by atoms with Gasteiger partial charge in [0.2, 0.25) is 0 Å². The molecule has 0 fully saturated rings. The van der Waals surface area contributed by atoms with E-state index in [0.717, 1.165) is 5.31 Å². The van der Waals surface area contributed by atoms with Gasteiger partial charge >= 0.3 is 0 Å². The molecule has 0 rings (SSSR count). The number of rotatable bonds is 4. The van der Waals surface area contributed by atoms with Crippen molar-refractivity contribution in [2.45, 2.75) is 33.9 Å². The molecule has 72 valence electrons. The lowest BCUT2D eigenvalue weighted by Crippen LogP contribution is -2.18. The van der Waals surface area contributed by atoms with E-state index in [9.17, 15) is 4.39 Å². The van der Waals surface area contributed by atoms with Crippen molar-refractivity contribution in [3.05, 3.63) is 11.4 Å². The predicted octanol–water partition coefficient (Wildman–Crippen LogP) is 3.83. The molecule has 0 spiro atoms. The molecule has 12 heavy (non-hydrogen) atoms. The number of hydrogen-bond donors (Lipinski definition) is 0. The molecule has 0 nitrogen and oxygen atoms in total. The van der Waals surface area contributed by atoms with Gasteiger partial charge in [-0.25, -0.2) is 4.39 Å². The summed E-state index contributed by atoms with van der Waals surface area (Å²) in [5.74, 6) is 0.565. The largest absolute Gasteiger partial charge is 0.242 e. The lowest BCUT2D eigenvalue weighted by Gasteiger charge is -2.21. The van der Waals surface area contributed by atoms with Gasteiger partial charge in [0.15, 0.2) is 0 Å². The van der Waals surface area contributed by atoms with Crippen LogP contribution in [0.2, 0.25) is 0 Å². The van der Waals surface area contributed by atoms with Gasteiger partial charge < -0.3 is 0 Å². The molecule has 0 aromatic carbocycles. The molecule has 2 heteroatoms. The molecule has 3 unspecified atom stereocenters. The van der Waals surface area contributed by atoms with Crippen molar-refractivity contribution in [2.75, 3.05) is 6.66 Å². The third-order valence-electron chi connectivity index (χ3n) is 2.41. The first-order valence-corrected chi connectivity index (χ1v) is 6.02. The first kappa shape index (κ1) is 12.1. The highest BCUT2D eigenvalue weighted by molar-refractivity contribution is 7.42. The Balaban J connectivity index is 4.26. The molecule has 0 saturated carbocycles. The molecular formula is C10H20FP. The Kier molecular flexibility index (Phi) is 5.74. The zero-order valence-electron chi connectivity index (χ0n) is 8.69. The number of hydrogen-bond acceptors (Lipinski definition) is 0. The van der Waals surface area contributed by atoms with Gasteiger partial charge in [0.25, 0.3) is 0 Å². The van der Waals surface area contributed by atoms with E-state index >= 15 is 0 Å². The molecule has 0 aromatic heterocycles. The maximum atomic E-state index is 13.7. The van der Waals surface area contributed by atoms with Gasteiger partial charge in [-0.15, -0.1) is 0 Å². The van der Waals surface area contributed by atoms with E-state index < -0.39 is 6.17 Å². The van der Waals surface area contributed by atoms with Crippen LogP contribution in [0, 0.1) is 11.8 Å². The average Bonchev–Trinajstić information content (AvgIpc) is 2.05. The highest BCUT2D eigenvalue weighted by Gasteiger charge is 2.21. The van der Waals surface area contributed by atoms with Crippen LogP contribution in [0.3, 0.4) is 0 Å². The van der Waals surface area contributed by atoms with E-state index in [1.54, 1.807) is 0 Å². The van der Waals surface area contributed by atoms with E-state index in [1.165, 1.54) is 0 Å². The van der Waals surface area contributed by atoms with Crippen LogP contribution in [-0.2, 0) is 0 Å². The summed E-state index contributed by atoms with van der Waals surface area (Å²) in [6.45, 7) is 10.1. The third-order valence-corrected chi connectivity index (χ3v) is 3.55. The Bertz CT molecular complexity index is 152. The van der Waals surface area contributed by atoms with Crippen LogP contribution in [0.5, 0.6) is 0 Å². The van der Waals surface area contributed by atoms with Crippen LogP contribution in [-0.4, -0.2) is 12.8 Å². The van der Waals surface area contributed by atoms with Gasteiger partial charge in [-0.1, -0.05) is 35.4 Å². The molecular weight excluding hydrogens is 170 g/mol. The molecule has 3 atom stereocenters. The molecule has 0 aliphatic rings. The molecule has 0 bridgehead atoms. The predicted molar refractivity (Wildman–Crippen MR) is 56.9 cm³/mol. The monoisotopic (exact) mass is 190 g/mol. The Morgan fingerprint density at radius 1 is 1.33 bits per heavy atom. The molecule has 0 radical (unpaired) electrons. The van der Waals surface area contributed by atoms with Gasteiger partial charge in [0, 0.05) is 0 Å². The van der Waals surface area contributed by atoms with Gasteiger partial charge in [-0.05, 0) is 30.7 Å². The minimum atomic E-state index is -0.738. The highest BCUT2D eigenvalue weighted by atomic mass is 31.1. The maximum Gasteiger partial charge on any atom is 0.128 e. The van der Waals surface area contributed by atoms with Crippen molar-refractivity contribution in [1.82, 2.24) is 0 Å². The molecule has 0 heterocycles. The summed E-state index contributed by atoms with van der Waals surface area (Å²) < 4.78 is 13.7. The van der Waals surface area contributed by atoms with Crippen molar-refractivity contribution < 1.29 is 4.39 Å². The molecule has 0 amide bonds. The third kappa shape index (κ3) is 3.23. The molecule has 0 aliphatic carbocycles. The Labute approximate surface area is 77.4 Å². The zero-order chi connectivity index (χ0) is 9.72. The summed E-state index contributed by atoms with van der Waals surface area (Å²) in [4.78, 5) is 0. The molecule has 0 saturated heterocycles. The SMILES string of the molecule is C/C=C(/PC)C(F)C(C)C(C)C. The topological polar surface area (TPSA) is 0 Å². The van der Waals surface area contributed by atoms with Crippen molar-refractivity contribution in [3.63, 3.8) is 0 Å². The molecule has 0 aromatic rings. The van der Waals surface area contributed by atoms with Crippen LogP contribution in [0.25, 0.3) is 0 Å². The fraction of sp³-hybridized carbons (Fsp3) is 0.800. The highest BCUT2D eigenvalue weighted by Crippen LogP contribution is 2.32. The standard InChI is InChI=1S/C10H20FP/c1-6-9(12-5)10(11)8(4)7(2)3/h6-8,10,12H,1-5H3/b9-6+. The van der Waals surface area contributed by atoms with Crippen molar-refractivity contribution in [1.29, 1.82) is 0 Å². The van der Waals surface area contributed by atoms with E-state index in [0.29, 0.717) is 14.5 Å². The van der Waals surface area contributed by atoms with Crippen LogP contribution in [0.4, 0.5) is 4.39 Å². The van der Waals surface area contributed by atoms with Crippen LogP contribution < -0.4 is 0 Å². The van der Waals surface area contributed by atoms with Gasteiger partial charge in [0.1, 0.15) is 6.17 Å². The lowest BCUT2D eigenvalue weighted by molar-refractivity contribution is 0.238. The zero-order valence-corrected chi connectivity index (χ0v) is 9.69. The first-order valence-electron chi connectivity index (χ1n) is 4.52. The number of alkyl halides is 1. The fourth-order valence-electron chi connectivity index (χ4n) is 1.06. The van der Waals surface area contributed by atoms with Crippen LogP contribution in [0.15, 0.2) is 11.4 Å². The average molecular weight is 190 g/mol. The van der Waals surface area contributed by atoms with E-state index in [1.807, 2.05) is 26.6 Å². The van der Waals surface area contributed by atoms with E-state index in [-0.39, 0.29) is 5.92 Å². The Morgan fingerprint density at radius 2 is 1.83 bits per heavy atom. The first-order chi connectivity index (χ1) is 5.54. The van der Waals surface area contributed by atoms with Crippen molar-refractivity contribution in [3.8, 4) is 0 Å². The Hall–Kier alpha value is 0.100. The van der Waals surface area contributed by atoms with Gasteiger partial charge in [0.05, 0.1) is 0 Å². The minimum Gasteiger partial charge on any atom is -0.242 e. The summed E-state index contributed by atoms with van der Waals surface area (Å²) in [5.41, 5.74) is 0. The van der Waals surface area contributed by atoms with Crippen molar-refractivity contribution >= 4 is 8.58 Å². The smallest absolute Gasteiger partial charge is 0.128 e. The minimum absolute atomic E-state index is 0.142. The quantitative estimate of drug-likeness (QED) is 0.591. The van der Waals surface area contributed by atoms with Crippen molar-refractivity contribution in [2.24, 2.45) is 11.8 Å². The Morgan fingerprint density at radius 3 is 2.08 bits per heavy atom. The normalized spacial score (nSPS) is 19.1. The fourth-order valence-corrected chi connectivity index (χ4v) is 1.89. The summed E-state index contributed by atoms with van der Waals surface area (Å²) in [7, 11) is 0.601. The lowest BCUT2D eigenvalue weighted by atomic mass is 9.93. The number of halogens is 1.